The molecule has 1 aliphatic carbocycles. The van der Waals surface area contributed by atoms with Crippen molar-refractivity contribution in [3.8, 4) is 44.5 Å². The van der Waals surface area contributed by atoms with Gasteiger partial charge in [-0.25, -0.2) is 0 Å². The van der Waals surface area contributed by atoms with Crippen LogP contribution in [-0.2, 0) is 0 Å². The molecule has 0 nitrogen and oxygen atoms in total. The zero-order valence-corrected chi connectivity index (χ0v) is 48.1. The van der Waals surface area contributed by atoms with Gasteiger partial charge in [0.2, 0.25) is 0 Å². The summed E-state index contributed by atoms with van der Waals surface area (Å²) in [4.78, 5) is 0. The SMILES string of the molecule is CC(C)c1cccc(C(C)C)c1-c1cccc(-c2c(C(C)C)cccc2C(C)C)[c]1[Ge]=[Ge]([C]1=CC=CC1)[c]1c(-c2c(C(C)C)cccc2C(C)C)cccc1-c1c(C(C)C)cccc1C(C)C. The van der Waals surface area contributed by atoms with Crippen molar-refractivity contribution in [3.05, 3.63) is 176 Å². The fraction of sp³-hybridized carbons (Fsp3) is 0.385. The van der Waals surface area contributed by atoms with Crippen LogP contribution in [0.15, 0.2) is 132 Å². The fourth-order valence-electron chi connectivity index (χ4n) is 10.9. The maximum atomic E-state index is 2.58. The van der Waals surface area contributed by atoms with E-state index in [1.807, 2.05) is 0 Å². The van der Waals surface area contributed by atoms with Gasteiger partial charge < -0.3 is 0 Å². The second-order valence-corrected chi connectivity index (χ2v) is 35.5. The Balaban J connectivity index is 1.80. The molecule has 0 atom stereocenters. The van der Waals surface area contributed by atoms with Crippen molar-refractivity contribution in [1.29, 1.82) is 0 Å². The Kier molecular flexibility index (Phi) is 16.4. The van der Waals surface area contributed by atoms with E-state index in [9.17, 15) is 0 Å². The van der Waals surface area contributed by atoms with Crippen LogP contribution < -0.4 is 8.79 Å². The van der Waals surface area contributed by atoms with E-state index in [-0.39, 0.29) is 0 Å². The van der Waals surface area contributed by atoms with E-state index in [0.717, 1.165) is 6.42 Å². The number of benzene rings is 6. The van der Waals surface area contributed by atoms with Crippen LogP contribution in [0.25, 0.3) is 44.5 Å². The van der Waals surface area contributed by atoms with Crippen molar-refractivity contribution in [2.75, 3.05) is 0 Å². The molecule has 0 fully saturated rings. The summed E-state index contributed by atoms with van der Waals surface area (Å²) in [5.74, 6) is 3.15. The minimum absolute atomic E-state index is 0.391. The molecule has 0 aromatic heterocycles. The summed E-state index contributed by atoms with van der Waals surface area (Å²) in [5, 5.41) is 0. The zero-order chi connectivity index (χ0) is 48.4. The van der Waals surface area contributed by atoms with Crippen LogP contribution in [0.1, 0.15) is 209 Å². The monoisotopic (exact) mass is 1010 g/mol. The molecule has 0 heterocycles. The van der Waals surface area contributed by atoms with E-state index in [4.69, 9.17) is 0 Å². The number of rotatable bonds is 15. The minimum atomic E-state index is -2.49. The molecule has 347 valence electrons. The van der Waals surface area contributed by atoms with Crippen molar-refractivity contribution in [3.63, 3.8) is 0 Å². The third-order valence-electron chi connectivity index (χ3n) is 14.3. The van der Waals surface area contributed by atoms with Gasteiger partial charge in [-0.3, -0.25) is 0 Å². The summed E-state index contributed by atoms with van der Waals surface area (Å²) in [6.45, 7) is 38.5. The molecule has 7 rings (SSSR count). The van der Waals surface area contributed by atoms with Gasteiger partial charge in [-0.1, -0.05) is 0 Å². The van der Waals surface area contributed by atoms with Gasteiger partial charge in [-0.2, -0.15) is 0 Å². The average Bonchev–Trinajstić information content (AvgIpc) is 3.84. The summed E-state index contributed by atoms with van der Waals surface area (Å²) in [6.07, 6.45) is 8.49. The molecule has 6 aromatic rings. The number of allylic oxidation sites excluding steroid dienone is 4. The van der Waals surface area contributed by atoms with Crippen molar-refractivity contribution >= 4 is 33.6 Å². The van der Waals surface area contributed by atoms with Crippen molar-refractivity contribution in [2.45, 2.75) is 165 Å². The van der Waals surface area contributed by atoms with Crippen LogP contribution in [0.5, 0.6) is 0 Å². The molecule has 0 saturated heterocycles. The Bertz CT molecular complexity index is 2560. The number of hydrogen-bond donors (Lipinski definition) is 0. The summed E-state index contributed by atoms with van der Waals surface area (Å²) in [6, 6.07) is 43.9. The maximum absolute atomic E-state index is 2.58. The Morgan fingerprint density at radius 3 is 0.851 bits per heavy atom. The van der Waals surface area contributed by atoms with Gasteiger partial charge in [0.05, 0.1) is 0 Å². The summed E-state index contributed by atoms with van der Waals surface area (Å²) in [7, 11) is 0. The molecule has 6 aromatic carbocycles. The Labute approximate surface area is 416 Å². The van der Waals surface area contributed by atoms with Crippen LogP contribution in [0.2, 0.25) is 0 Å². The first kappa shape index (κ1) is 50.8. The molecule has 0 amide bonds. The van der Waals surface area contributed by atoms with Crippen LogP contribution in [0.4, 0.5) is 0 Å². The first-order valence-corrected chi connectivity index (χ1v) is 35.4. The predicted molar refractivity (Wildman–Crippen MR) is 300 cm³/mol. The second-order valence-electron chi connectivity index (χ2n) is 21.8. The van der Waals surface area contributed by atoms with Gasteiger partial charge in [-0.15, -0.1) is 0 Å². The molecule has 2 heteroatoms. The molecular weight excluding hydrogens is 926 g/mol. The number of hydrogen-bond acceptors (Lipinski definition) is 0. The third-order valence-corrected chi connectivity index (χ3v) is 32.5. The van der Waals surface area contributed by atoms with Crippen LogP contribution >= 0.6 is 0 Å². The molecule has 1 aliphatic rings. The quantitative estimate of drug-likeness (QED) is 0.0900. The van der Waals surface area contributed by atoms with E-state index in [1.165, 1.54) is 89.0 Å². The van der Waals surface area contributed by atoms with Gasteiger partial charge in [0.25, 0.3) is 0 Å². The molecule has 67 heavy (non-hydrogen) atoms. The van der Waals surface area contributed by atoms with E-state index in [0.29, 0.717) is 47.3 Å². The third kappa shape index (κ3) is 10.3. The molecule has 0 unspecified atom stereocenters. The first-order chi connectivity index (χ1) is 31.9. The molecule has 0 N–H and O–H groups in total. The molecule has 0 saturated carbocycles. The molecule has 0 aliphatic heterocycles. The molecule has 0 bridgehead atoms. The van der Waals surface area contributed by atoms with Gasteiger partial charge in [0.1, 0.15) is 0 Å². The summed E-state index contributed by atoms with van der Waals surface area (Å²) >= 11 is -3.33. The molecule has 0 spiro atoms. The van der Waals surface area contributed by atoms with Crippen molar-refractivity contribution < 1.29 is 0 Å². The Morgan fingerprint density at radius 2 is 0.597 bits per heavy atom. The van der Waals surface area contributed by atoms with E-state index in [1.54, 1.807) is 13.2 Å². The normalized spacial score (nSPS) is 13.3. The van der Waals surface area contributed by atoms with E-state index in [2.05, 4.69) is 238 Å². The van der Waals surface area contributed by atoms with Crippen LogP contribution in [0.3, 0.4) is 0 Å². The first-order valence-electron chi connectivity index (χ1n) is 25.7. The standard InChI is InChI=1S/C65H79Ge2/c1-39(2)48-27-19-28-49(40(3)4)60(48)56-35-23-36-57(61-50(41(5)6)29-20-30-51(61)42(7)8)64(56)66-67(47-25-17-18-26-47)65-58(62-52(43(9)10)31-21-32-53(62)44(11)12)37-24-38-59(65)63-54(45(13)14)33-22-34-55(63)46(15)16/h17-25,27-46H,26H2,1-16H3. The Hall–Kier alpha value is -4.11. The van der Waals surface area contributed by atoms with Gasteiger partial charge in [0.15, 0.2) is 0 Å². The fourth-order valence-corrected chi connectivity index (χ4v) is 31.1. The molecule has 1 radical (unpaired) electrons. The Morgan fingerprint density at radius 1 is 0.343 bits per heavy atom. The zero-order valence-electron chi connectivity index (χ0n) is 44.0. The van der Waals surface area contributed by atoms with E-state index < -0.39 is 24.8 Å². The van der Waals surface area contributed by atoms with Crippen molar-refractivity contribution in [2.24, 2.45) is 0 Å². The van der Waals surface area contributed by atoms with Crippen LogP contribution in [-0.4, -0.2) is 24.8 Å². The van der Waals surface area contributed by atoms with Gasteiger partial charge in [0, 0.05) is 0 Å². The summed E-state index contributed by atoms with van der Waals surface area (Å²) in [5.41, 5.74) is 23.7. The van der Waals surface area contributed by atoms with E-state index >= 15 is 0 Å². The van der Waals surface area contributed by atoms with Gasteiger partial charge >= 0.3 is 419 Å². The van der Waals surface area contributed by atoms with Crippen molar-refractivity contribution in [1.82, 2.24) is 0 Å². The summed E-state index contributed by atoms with van der Waals surface area (Å²) < 4.78 is 5.09. The van der Waals surface area contributed by atoms with Crippen LogP contribution in [0, 0.1) is 0 Å². The topological polar surface area (TPSA) is 0 Å². The average molecular weight is 1010 g/mol. The predicted octanol–water partition coefficient (Wildman–Crippen LogP) is 18.0. The van der Waals surface area contributed by atoms with Gasteiger partial charge in [-0.05, 0) is 0 Å². The molecular formula is C65H79Ge2. The second kappa shape index (κ2) is 21.7.